The first-order valence-corrected chi connectivity index (χ1v) is 8.05. The normalized spacial score (nSPS) is 25.1. The minimum absolute atomic E-state index is 0.0583. The Kier molecular flexibility index (Phi) is 2.66. The fourth-order valence-electron chi connectivity index (χ4n) is 2.83. The molecule has 20 heavy (non-hydrogen) atoms. The molecule has 1 aromatic carbocycles. The molecule has 2 aromatic rings. The number of aromatic nitrogens is 2. The van der Waals surface area contributed by atoms with E-state index >= 15 is 0 Å². The summed E-state index contributed by atoms with van der Waals surface area (Å²) in [6.45, 7) is 1.87. The van der Waals surface area contributed by atoms with Crippen LogP contribution in [0, 0.1) is 0 Å². The van der Waals surface area contributed by atoms with Crippen LogP contribution in [0.5, 0.6) is 0 Å². The summed E-state index contributed by atoms with van der Waals surface area (Å²) in [5, 5.41) is 9.16. The number of imidazole rings is 1. The molecule has 2 heterocycles. The van der Waals surface area contributed by atoms with Gasteiger partial charge in [0.2, 0.25) is 0 Å². The second-order valence-electron chi connectivity index (χ2n) is 5.43. The second-order valence-corrected chi connectivity index (χ2v) is 7.62. The SMILES string of the molecule is CC1(n2cnc3c(C(=O)O)cccc32)CCS(=O)(=O)C1. The second kappa shape index (κ2) is 4.05. The summed E-state index contributed by atoms with van der Waals surface area (Å²) in [5.41, 5.74) is 0.616. The molecule has 106 valence electrons. The van der Waals surface area contributed by atoms with Gasteiger partial charge >= 0.3 is 5.97 Å². The van der Waals surface area contributed by atoms with Gasteiger partial charge in [0.25, 0.3) is 0 Å². The maximum Gasteiger partial charge on any atom is 0.337 e. The molecule has 1 aliphatic rings. The fraction of sp³-hybridized carbons (Fsp3) is 0.385. The van der Waals surface area contributed by atoms with Crippen LogP contribution >= 0.6 is 0 Å². The summed E-state index contributed by atoms with van der Waals surface area (Å²) in [6, 6.07) is 4.91. The number of hydrogen-bond donors (Lipinski definition) is 1. The number of para-hydroxylation sites is 1. The molecule has 0 aliphatic carbocycles. The van der Waals surface area contributed by atoms with Crippen LogP contribution in [-0.2, 0) is 15.4 Å². The lowest BCUT2D eigenvalue weighted by molar-refractivity contribution is 0.0699. The van der Waals surface area contributed by atoms with E-state index in [0.29, 0.717) is 17.5 Å². The van der Waals surface area contributed by atoms with Gasteiger partial charge in [0.1, 0.15) is 5.52 Å². The molecular weight excluding hydrogens is 280 g/mol. The molecule has 6 nitrogen and oxygen atoms in total. The molecule has 1 N–H and O–H groups in total. The van der Waals surface area contributed by atoms with E-state index in [-0.39, 0.29) is 17.1 Å². The molecule has 7 heteroatoms. The predicted octanol–water partition coefficient (Wildman–Crippen LogP) is 1.27. The van der Waals surface area contributed by atoms with Gasteiger partial charge in [0.05, 0.1) is 34.5 Å². The highest BCUT2D eigenvalue weighted by Gasteiger charge is 2.40. The van der Waals surface area contributed by atoms with Crippen molar-refractivity contribution in [2.24, 2.45) is 0 Å². The largest absolute Gasteiger partial charge is 0.478 e. The van der Waals surface area contributed by atoms with E-state index in [0.717, 1.165) is 0 Å². The monoisotopic (exact) mass is 294 g/mol. The summed E-state index contributed by atoms with van der Waals surface area (Å²) in [7, 11) is -3.04. The number of carboxylic acid groups (broad SMARTS) is 1. The van der Waals surface area contributed by atoms with Crippen molar-refractivity contribution >= 4 is 26.8 Å². The van der Waals surface area contributed by atoms with E-state index in [9.17, 15) is 13.2 Å². The Bertz CT molecular complexity index is 809. The number of benzene rings is 1. The van der Waals surface area contributed by atoms with Crippen molar-refractivity contribution in [3.8, 4) is 0 Å². The molecule has 1 aliphatic heterocycles. The molecule has 1 unspecified atom stereocenters. The number of aromatic carboxylic acids is 1. The lowest BCUT2D eigenvalue weighted by Crippen LogP contribution is -2.30. The molecule has 0 saturated carbocycles. The predicted molar refractivity (Wildman–Crippen MR) is 73.6 cm³/mol. The average molecular weight is 294 g/mol. The zero-order valence-corrected chi connectivity index (χ0v) is 11.7. The highest BCUT2D eigenvalue weighted by molar-refractivity contribution is 7.91. The van der Waals surface area contributed by atoms with E-state index in [1.54, 1.807) is 16.7 Å². The first kappa shape index (κ1) is 13.1. The van der Waals surface area contributed by atoms with Crippen LogP contribution in [0.15, 0.2) is 24.5 Å². The minimum Gasteiger partial charge on any atom is -0.478 e. The smallest absolute Gasteiger partial charge is 0.337 e. The summed E-state index contributed by atoms with van der Waals surface area (Å²) < 4.78 is 25.2. The Morgan fingerprint density at radius 1 is 1.45 bits per heavy atom. The van der Waals surface area contributed by atoms with Gasteiger partial charge in [-0.2, -0.15) is 0 Å². The molecule has 3 rings (SSSR count). The van der Waals surface area contributed by atoms with Crippen LogP contribution < -0.4 is 0 Å². The quantitative estimate of drug-likeness (QED) is 0.901. The average Bonchev–Trinajstić information content (AvgIpc) is 2.90. The van der Waals surface area contributed by atoms with Gasteiger partial charge < -0.3 is 9.67 Å². The van der Waals surface area contributed by atoms with Gasteiger partial charge in [0.15, 0.2) is 9.84 Å². The molecule has 1 atom stereocenters. The maximum atomic E-state index is 11.7. The van der Waals surface area contributed by atoms with E-state index in [2.05, 4.69) is 4.98 Å². The third-order valence-corrected chi connectivity index (χ3v) is 5.76. The van der Waals surface area contributed by atoms with Gasteiger partial charge in [-0.05, 0) is 25.5 Å². The van der Waals surface area contributed by atoms with Gasteiger partial charge in [-0.25, -0.2) is 18.2 Å². The summed E-state index contributed by atoms with van der Waals surface area (Å²) in [5.74, 6) is -0.824. The Hall–Kier alpha value is -1.89. The number of hydrogen-bond acceptors (Lipinski definition) is 4. The maximum absolute atomic E-state index is 11.7. The standard InChI is InChI=1S/C13H14N2O4S/c1-13(5-6-20(18,19)7-13)15-8-14-11-9(12(16)17)3-2-4-10(11)15/h2-4,8H,5-7H2,1H3,(H,16,17). The third-order valence-electron chi connectivity index (χ3n) is 3.87. The highest BCUT2D eigenvalue weighted by atomic mass is 32.2. The number of fused-ring (bicyclic) bond motifs is 1. The number of carbonyl (C=O) groups is 1. The van der Waals surface area contributed by atoms with Crippen molar-refractivity contribution in [1.82, 2.24) is 9.55 Å². The van der Waals surface area contributed by atoms with Crippen LogP contribution in [0.1, 0.15) is 23.7 Å². The van der Waals surface area contributed by atoms with Crippen LogP contribution in [0.2, 0.25) is 0 Å². The lowest BCUT2D eigenvalue weighted by Gasteiger charge is -2.25. The van der Waals surface area contributed by atoms with Gasteiger partial charge in [-0.15, -0.1) is 0 Å². The molecule has 0 amide bonds. The summed E-state index contributed by atoms with van der Waals surface area (Å²) in [4.78, 5) is 15.3. The molecule has 1 saturated heterocycles. The van der Waals surface area contributed by atoms with Crippen molar-refractivity contribution < 1.29 is 18.3 Å². The van der Waals surface area contributed by atoms with Crippen LogP contribution in [-0.4, -0.2) is 40.6 Å². The summed E-state index contributed by atoms with van der Waals surface area (Å²) >= 11 is 0. The summed E-state index contributed by atoms with van der Waals surface area (Å²) in [6.07, 6.45) is 2.05. The van der Waals surface area contributed by atoms with E-state index in [1.807, 2.05) is 6.92 Å². The Morgan fingerprint density at radius 2 is 2.20 bits per heavy atom. The molecule has 1 aromatic heterocycles. The Balaban J connectivity index is 2.20. The Morgan fingerprint density at radius 3 is 2.80 bits per heavy atom. The fourth-order valence-corrected chi connectivity index (χ4v) is 4.95. The molecular formula is C13H14N2O4S. The minimum atomic E-state index is -3.04. The van der Waals surface area contributed by atoms with Crippen molar-refractivity contribution in [3.05, 3.63) is 30.1 Å². The molecule has 0 spiro atoms. The van der Waals surface area contributed by atoms with Crippen molar-refractivity contribution in [1.29, 1.82) is 0 Å². The van der Waals surface area contributed by atoms with Crippen LogP contribution in [0.3, 0.4) is 0 Å². The zero-order valence-electron chi connectivity index (χ0n) is 10.9. The van der Waals surface area contributed by atoms with E-state index < -0.39 is 21.3 Å². The van der Waals surface area contributed by atoms with E-state index in [4.69, 9.17) is 5.11 Å². The topological polar surface area (TPSA) is 89.3 Å². The number of nitrogens with zero attached hydrogens (tertiary/aromatic N) is 2. The molecule has 0 radical (unpaired) electrons. The van der Waals surface area contributed by atoms with Crippen molar-refractivity contribution in [3.63, 3.8) is 0 Å². The highest BCUT2D eigenvalue weighted by Crippen LogP contribution is 2.33. The van der Waals surface area contributed by atoms with Crippen LogP contribution in [0.4, 0.5) is 0 Å². The van der Waals surface area contributed by atoms with Crippen molar-refractivity contribution in [2.75, 3.05) is 11.5 Å². The zero-order chi connectivity index (χ0) is 14.5. The number of sulfone groups is 1. The first-order chi connectivity index (χ1) is 9.32. The van der Waals surface area contributed by atoms with Crippen LogP contribution in [0.25, 0.3) is 11.0 Å². The van der Waals surface area contributed by atoms with Gasteiger partial charge in [0, 0.05) is 0 Å². The van der Waals surface area contributed by atoms with Crippen molar-refractivity contribution in [2.45, 2.75) is 18.9 Å². The third kappa shape index (κ3) is 1.89. The van der Waals surface area contributed by atoms with E-state index in [1.165, 1.54) is 12.4 Å². The first-order valence-electron chi connectivity index (χ1n) is 6.23. The lowest BCUT2D eigenvalue weighted by atomic mass is 10.0. The van der Waals surface area contributed by atoms with Gasteiger partial charge in [-0.1, -0.05) is 6.07 Å². The molecule has 0 bridgehead atoms. The number of rotatable bonds is 2. The number of carboxylic acids is 1. The Labute approximate surface area is 116 Å². The molecule has 1 fully saturated rings. The van der Waals surface area contributed by atoms with Gasteiger partial charge in [-0.3, -0.25) is 0 Å².